The molecule has 0 unspecified atom stereocenters. The number of halogens is 3. The van der Waals surface area contributed by atoms with Gasteiger partial charge >= 0.3 is 6.18 Å². The predicted octanol–water partition coefficient (Wildman–Crippen LogP) is 3.80. The minimum atomic E-state index is -4.48. The molecule has 0 heterocycles. The molecule has 0 radical (unpaired) electrons. The lowest BCUT2D eigenvalue weighted by molar-refractivity contribution is -0.148. The summed E-state index contributed by atoms with van der Waals surface area (Å²) in [6, 6.07) is 7.82. The molecule has 0 aliphatic rings. The lowest BCUT2D eigenvalue weighted by Crippen LogP contribution is -2.28. The van der Waals surface area contributed by atoms with Crippen LogP contribution in [0.25, 0.3) is 10.8 Å². The minimum Gasteiger partial charge on any atom is -0.493 e. The van der Waals surface area contributed by atoms with E-state index in [4.69, 9.17) is 10.5 Å². The average molecular weight is 269 g/mol. The molecule has 19 heavy (non-hydrogen) atoms. The second-order valence-electron chi connectivity index (χ2n) is 4.15. The Hall–Kier alpha value is -1.75. The van der Waals surface area contributed by atoms with Crippen LogP contribution in [0.15, 0.2) is 36.4 Å². The number of hydrogen-bond acceptors (Lipinski definition) is 2. The van der Waals surface area contributed by atoms with Crippen molar-refractivity contribution >= 4 is 10.8 Å². The highest BCUT2D eigenvalue weighted by Gasteiger charge is 2.38. The number of benzene rings is 2. The zero-order valence-corrected chi connectivity index (χ0v) is 10.4. The van der Waals surface area contributed by atoms with E-state index in [2.05, 4.69) is 0 Å². The summed E-state index contributed by atoms with van der Waals surface area (Å²) in [5.74, 6) is 0.426. The first-order chi connectivity index (χ1) is 8.95. The molecular weight excluding hydrogens is 255 g/mol. The van der Waals surface area contributed by atoms with Crippen molar-refractivity contribution in [1.82, 2.24) is 0 Å². The molecule has 0 saturated carbocycles. The smallest absolute Gasteiger partial charge is 0.407 e. The number of ether oxygens (including phenoxy) is 1. The van der Waals surface area contributed by atoms with Crippen LogP contribution in [-0.4, -0.2) is 12.8 Å². The minimum absolute atomic E-state index is 0.0362. The summed E-state index contributed by atoms with van der Waals surface area (Å²) in [5.41, 5.74) is 5.36. The van der Waals surface area contributed by atoms with Gasteiger partial charge in [-0.3, -0.25) is 0 Å². The highest BCUT2D eigenvalue weighted by molar-refractivity contribution is 5.91. The van der Waals surface area contributed by atoms with E-state index in [1.165, 1.54) is 6.07 Å². The average Bonchev–Trinajstić information content (AvgIpc) is 2.37. The normalized spacial score (nSPS) is 13.5. The third-order valence-electron chi connectivity index (χ3n) is 2.89. The molecule has 0 bridgehead atoms. The summed E-state index contributed by atoms with van der Waals surface area (Å²) in [6.45, 7) is 2.17. The highest BCUT2D eigenvalue weighted by Crippen LogP contribution is 2.37. The van der Waals surface area contributed by atoms with Crippen LogP contribution < -0.4 is 10.5 Å². The van der Waals surface area contributed by atoms with E-state index in [0.29, 0.717) is 23.1 Å². The Kier molecular flexibility index (Phi) is 3.66. The van der Waals surface area contributed by atoms with Gasteiger partial charge in [-0.1, -0.05) is 30.3 Å². The third kappa shape index (κ3) is 2.66. The Bertz CT molecular complexity index is 575. The summed E-state index contributed by atoms with van der Waals surface area (Å²) in [4.78, 5) is 0. The lowest BCUT2D eigenvalue weighted by Gasteiger charge is -2.19. The van der Waals surface area contributed by atoms with Crippen molar-refractivity contribution in [2.24, 2.45) is 5.73 Å². The molecule has 0 aromatic heterocycles. The summed E-state index contributed by atoms with van der Waals surface area (Å²) >= 11 is 0. The number of rotatable bonds is 3. The van der Waals surface area contributed by atoms with Crippen LogP contribution in [0.3, 0.4) is 0 Å². The van der Waals surface area contributed by atoms with Crippen LogP contribution in [-0.2, 0) is 0 Å². The van der Waals surface area contributed by atoms with E-state index < -0.39 is 12.2 Å². The first-order valence-corrected chi connectivity index (χ1v) is 5.92. The van der Waals surface area contributed by atoms with Gasteiger partial charge in [0, 0.05) is 5.39 Å². The van der Waals surface area contributed by atoms with Gasteiger partial charge in [0.1, 0.15) is 11.8 Å². The lowest BCUT2D eigenvalue weighted by atomic mass is 9.98. The number of nitrogens with two attached hydrogens (primary N) is 1. The van der Waals surface area contributed by atoms with Crippen LogP contribution in [0.5, 0.6) is 5.75 Å². The molecule has 1 atom stereocenters. The van der Waals surface area contributed by atoms with Crippen LogP contribution >= 0.6 is 0 Å². The fourth-order valence-electron chi connectivity index (χ4n) is 2.05. The molecule has 2 nitrogen and oxygen atoms in total. The molecular formula is C14H14F3NO. The largest absolute Gasteiger partial charge is 0.493 e. The third-order valence-corrected chi connectivity index (χ3v) is 2.89. The molecule has 2 N–H and O–H groups in total. The first-order valence-electron chi connectivity index (χ1n) is 5.92. The molecule has 0 aliphatic carbocycles. The molecule has 0 fully saturated rings. The maximum Gasteiger partial charge on any atom is 0.407 e. The van der Waals surface area contributed by atoms with Gasteiger partial charge in [-0.25, -0.2) is 0 Å². The first kappa shape index (κ1) is 13.7. The standard InChI is InChI=1S/C14H14F3NO/c1-2-19-11-8-4-6-9-5-3-7-10(12(9)11)13(18)14(15,16)17/h3-8,13H,2,18H2,1H3/t13-/m0/s1. The fraction of sp³-hybridized carbons (Fsp3) is 0.286. The molecule has 2 aromatic rings. The Labute approximate surface area is 109 Å². The van der Waals surface area contributed by atoms with Gasteiger partial charge in [0.15, 0.2) is 0 Å². The van der Waals surface area contributed by atoms with Crippen molar-refractivity contribution in [3.8, 4) is 5.75 Å². The Balaban J connectivity index is 2.67. The van der Waals surface area contributed by atoms with Crippen LogP contribution in [0.1, 0.15) is 18.5 Å². The topological polar surface area (TPSA) is 35.2 Å². The van der Waals surface area contributed by atoms with E-state index >= 15 is 0 Å². The van der Waals surface area contributed by atoms with Gasteiger partial charge < -0.3 is 10.5 Å². The molecule has 5 heteroatoms. The monoisotopic (exact) mass is 269 g/mol. The predicted molar refractivity (Wildman–Crippen MR) is 68.1 cm³/mol. The van der Waals surface area contributed by atoms with E-state index in [1.54, 1.807) is 37.3 Å². The summed E-state index contributed by atoms with van der Waals surface area (Å²) < 4.78 is 43.8. The van der Waals surface area contributed by atoms with Gasteiger partial charge in [-0.2, -0.15) is 13.2 Å². The van der Waals surface area contributed by atoms with E-state index in [0.717, 1.165) is 0 Å². The zero-order chi connectivity index (χ0) is 14.0. The van der Waals surface area contributed by atoms with Crippen LogP contribution in [0.4, 0.5) is 13.2 Å². The van der Waals surface area contributed by atoms with Crippen LogP contribution in [0.2, 0.25) is 0 Å². The summed E-state index contributed by atoms with van der Waals surface area (Å²) in [5, 5.41) is 1.11. The maximum atomic E-state index is 12.8. The van der Waals surface area contributed by atoms with E-state index in [9.17, 15) is 13.2 Å². The van der Waals surface area contributed by atoms with Gasteiger partial charge in [0.2, 0.25) is 0 Å². The highest BCUT2D eigenvalue weighted by atomic mass is 19.4. The maximum absolute atomic E-state index is 12.8. The molecule has 0 aliphatic heterocycles. The van der Waals surface area contributed by atoms with Crippen molar-refractivity contribution in [2.45, 2.75) is 19.1 Å². The Morgan fingerprint density at radius 3 is 2.37 bits per heavy atom. The molecule has 0 spiro atoms. The molecule has 0 amide bonds. The Morgan fingerprint density at radius 2 is 1.79 bits per heavy atom. The van der Waals surface area contributed by atoms with Crippen molar-refractivity contribution < 1.29 is 17.9 Å². The molecule has 2 aromatic carbocycles. The summed E-state index contributed by atoms with van der Waals surface area (Å²) in [7, 11) is 0. The Morgan fingerprint density at radius 1 is 1.16 bits per heavy atom. The molecule has 102 valence electrons. The van der Waals surface area contributed by atoms with Crippen molar-refractivity contribution in [3.63, 3.8) is 0 Å². The summed E-state index contributed by atoms with van der Waals surface area (Å²) in [6.07, 6.45) is -4.48. The number of fused-ring (bicyclic) bond motifs is 1. The van der Waals surface area contributed by atoms with Gasteiger partial charge in [-0.15, -0.1) is 0 Å². The number of alkyl halides is 3. The van der Waals surface area contributed by atoms with Crippen molar-refractivity contribution in [2.75, 3.05) is 6.61 Å². The second-order valence-corrected chi connectivity index (χ2v) is 4.15. The second kappa shape index (κ2) is 5.09. The SMILES string of the molecule is CCOc1cccc2cccc([C@H](N)C(F)(F)F)c12. The van der Waals surface area contributed by atoms with Gasteiger partial charge in [0.25, 0.3) is 0 Å². The molecule has 2 rings (SSSR count). The van der Waals surface area contributed by atoms with E-state index in [-0.39, 0.29) is 5.56 Å². The fourth-order valence-corrected chi connectivity index (χ4v) is 2.05. The van der Waals surface area contributed by atoms with E-state index in [1.807, 2.05) is 0 Å². The molecule has 0 saturated heterocycles. The van der Waals surface area contributed by atoms with Gasteiger partial charge in [0.05, 0.1) is 6.61 Å². The van der Waals surface area contributed by atoms with Crippen molar-refractivity contribution in [3.05, 3.63) is 42.0 Å². The van der Waals surface area contributed by atoms with Crippen molar-refractivity contribution in [1.29, 1.82) is 0 Å². The quantitative estimate of drug-likeness (QED) is 0.919. The zero-order valence-electron chi connectivity index (χ0n) is 10.4. The van der Waals surface area contributed by atoms with Gasteiger partial charge in [-0.05, 0) is 23.9 Å². The number of hydrogen-bond donors (Lipinski definition) is 1. The van der Waals surface area contributed by atoms with Crippen LogP contribution in [0, 0.1) is 0 Å².